The molecule has 0 aliphatic carbocycles. The first-order valence-electron chi connectivity index (χ1n) is 6.82. The molecule has 2 amide bonds. The number of aromatic amines is 1. The minimum Gasteiger partial charge on any atom is -0.358 e. The number of carbonyl (C=O) groups excluding carboxylic acids is 2. The van der Waals surface area contributed by atoms with Gasteiger partial charge in [-0.15, -0.1) is 0 Å². The van der Waals surface area contributed by atoms with E-state index in [1.165, 1.54) is 18.1 Å². The number of aryl methyl sites for hydroxylation is 1. The molecule has 122 valence electrons. The van der Waals surface area contributed by atoms with Gasteiger partial charge in [-0.25, -0.2) is 4.79 Å². The number of likely N-dealkylation sites (N-methyl/N-ethyl adjacent to an activating group) is 2. The number of rotatable bonds is 7. The summed E-state index contributed by atoms with van der Waals surface area (Å²) in [6.07, 6.45) is 1.33. The van der Waals surface area contributed by atoms with Crippen LogP contribution in [-0.4, -0.2) is 60.0 Å². The van der Waals surface area contributed by atoms with Crippen LogP contribution in [0.2, 0.25) is 0 Å². The predicted octanol–water partition coefficient (Wildman–Crippen LogP) is -2.36. The molecule has 9 nitrogen and oxygen atoms in total. The number of carbonyl (C=O) groups is 2. The van der Waals surface area contributed by atoms with Gasteiger partial charge in [0, 0.05) is 31.9 Å². The molecule has 0 bridgehead atoms. The lowest BCUT2D eigenvalue weighted by molar-refractivity contribution is -0.136. The fourth-order valence-corrected chi connectivity index (χ4v) is 1.77. The minimum absolute atomic E-state index is 0.0892. The molecule has 1 aromatic rings. The first-order valence-corrected chi connectivity index (χ1v) is 6.82. The highest BCUT2D eigenvalue weighted by molar-refractivity contribution is 5.84. The van der Waals surface area contributed by atoms with E-state index < -0.39 is 11.2 Å². The van der Waals surface area contributed by atoms with Gasteiger partial charge in [0.25, 0.3) is 5.56 Å². The van der Waals surface area contributed by atoms with Crippen LogP contribution in [0.25, 0.3) is 0 Å². The number of amides is 2. The Labute approximate surface area is 127 Å². The number of aromatic nitrogens is 2. The van der Waals surface area contributed by atoms with Crippen molar-refractivity contribution in [2.75, 3.05) is 33.7 Å². The molecule has 3 N–H and O–H groups in total. The second-order valence-corrected chi connectivity index (χ2v) is 4.79. The Balaban J connectivity index is 2.90. The zero-order valence-electron chi connectivity index (χ0n) is 12.9. The minimum atomic E-state index is -0.655. The third-order valence-electron chi connectivity index (χ3n) is 3.09. The number of H-pyrrole nitrogens is 1. The lowest BCUT2D eigenvalue weighted by atomic mass is 10.3. The van der Waals surface area contributed by atoms with Crippen molar-refractivity contribution >= 4 is 11.8 Å². The van der Waals surface area contributed by atoms with Crippen LogP contribution in [-0.2, 0) is 16.1 Å². The molecular weight excluding hydrogens is 290 g/mol. The first kappa shape index (κ1) is 17.6. The van der Waals surface area contributed by atoms with Crippen LogP contribution in [0.5, 0.6) is 0 Å². The number of hydrogen-bond acceptors (Lipinski definition) is 5. The molecule has 9 heteroatoms. The van der Waals surface area contributed by atoms with Crippen molar-refractivity contribution in [1.29, 1.82) is 0 Å². The van der Waals surface area contributed by atoms with Gasteiger partial charge in [-0.05, 0) is 14.0 Å². The Bertz CT molecular complexity index is 649. The van der Waals surface area contributed by atoms with Gasteiger partial charge in [0.2, 0.25) is 11.8 Å². The average molecular weight is 311 g/mol. The van der Waals surface area contributed by atoms with Gasteiger partial charge in [-0.1, -0.05) is 0 Å². The summed E-state index contributed by atoms with van der Waals surface area (Å²) in [5, 5.41) is 5.34. The number of nitrogens with zero attached hydrogens (tertiary/aromatic N) is 2. The third-order valence-corrected chi connectivity index (χ3v) is 3.09. The van der Waals surface area contributed by atoms with E-state index in [-0.39, 0.29) is 24.9 Å². The molecule has 0 aliphatic rings. The number of nitrogens with one attached hydrogen (secondary N) is 3. The predicted molar refractivity (Wildman–Crippen MR) is 80.6 cm³/mol. The maximum atomic E-state index is 12.3. The van der Waals surface area contributed by atoms with E-state index in [0.717, 1.165) is 4.57 Å². The normalized spacial score (nSPS) is 10.3. The second kappa shape index (κ2) is 8.13. The quantitative estimate of drug-likeness (QED) is 0.521. The van der Waals surface area contributed by atoms with Gasteiger partial charge in [0.1, 0.15) is 6.54 Å². The molecule has 1 heterocycles. The van der Waals surface area contributed by atoms with Crippen LogP contribution in [0.4, 0.5) is 0 Å². The fourth-order valence-electron chi connectivity index (χ4n) is 1.77. The molecule has 1 aromatic heterocycles. The monoisotopic (exact) mass is 311 g/mol. The Hall–Kier alpha value is -2.42. The van der Waals surface area contributed by atoms with Crippen molar-refractivity contribution in [3.05, 3.63) is 32.6 Å². The van der Waals surface area contributed by atoms with Gasteiger partial charge in [-0.3, -0.25) is 23.9 Å². The van der Waals surface area contributed by atoms with E-state index in [0.29, 0.717) is 18.7 Å². The lowest BCUT2D eigenvalue weighted by Crippen LogP contribution is -2.45. The van der Waals surface area contributed by atoms with E-state index in [9.17, 15) is 19.2 Å². The highest BCUT2D eigenvalue weighted by atomic mass is 16.2. The van der Waals surface area contributed by atoms with Crippen LogP contribution >= 0.6 is 0 Å². The van der Waals surface area contributed by atoms with Gasteiger partial charge < -0.3 is 15.5 Å². The van der Waals surface area contributed by atoms with Crippen LogP contribution in [0.15, 0.2) is 15.8 Å². The van der Waals surface area contributed by atoms with Crippen LogP contribution in [0, 0.1) is 6.92 Å². The third kappa shape index (κ3) is 4.85. The molecule has 22 heavy (non-hydrogen) atoms. The Morgan fingerprint density at radius 1 is 1.32 bits per heavy atom. The van der Waals surface area contributed by atoms with Gasteiger partial charge in [-0.2, -0.15) is 0 Å². The summed E-state index contributed by atoms with van der Waals surface area (Å²) in [5.41, 5.74) is -0.802. The van der Waals surface area contributed by atoms with Crippen molar-refractivity contribution < 1.29 is 9.59 Å². The number of hydrogen-bond donors (Lipinski definition) is 3. The van der Waals surface area contributed by atoms with Crippen molar-refractivity contribution in [2.45, 2.75) is 13.5 Å². The summed E-state index contributed by atoms with van der Waals surface area (Å²) in [5.74, 6) is -0.679. The molecule has 0 atom stereocenters. The van der Waals surface area contributed by atoms with E-state index >= 15 is 0 Å². The summed E-state index contributed by atoms with van der Waals surface area (Å²) in [6.45, 7) is 2.07. The zero-order chi connectivity index (χ0) is 16.7. The maximum absolute atomic E-state index is 12.3. The summed E-state index contributed by atoms with van der Waals surface area (Å²) < 4.78 is 1.12. The molecule has 0 aromatic carbocycles. The van der Waals surface area contributed by atoms with Gasteiger partial charge in [0.05, 0.1) is 6.54 Å². The van der Waals surface area contributed by atoms with E-state index in [1.54, 1.807) is 14.0 Å². The Morgan fingerprint density at radius 3 is 2.59 bits per heavy atom. The van der Waals surface area contributed by atoms with Crippen LogP contribution < -0.4 is 21.9 Å². The first-order chi connectivity index (χ1) is 10.4. The highest BCUT2D eigenvalue weighted by Crippen LogP contribution is 1.94. The summed E-state index contributed by atoms with van der Waals surface area (Å²) in [7, 11) is 3.22. The zero-order valence-corrected chi connectivity index (χ0v) is 12.9. The molecule has 0 radical (unpaired) electrons. The summed E-state index contributed by atoms with van der Waals surface area (Å²) in [6, 6.07) is 0. The molecule has 0 spiro atoms. The smallest absolute Gasteiger partial charge is 0.328 e. The standard InChI is InChI=1S/C13H21N5O4/c1-9-6-18(13(22)16-12(9)21)8-11(20)17(5-4-14-2)7-10(19)15-3/h6,14H,4-5,7-8H2,1-3H3,(H,15,19)(H,16,21,22). The SMILES string of the molecule is CNCCN(CC(=O)NC)C(=O)Cn1cc(C)c(=O)[nH]c1=O. The van der Waals surface area contributed by atoms with Gasteiger partial charge in [0.15, 0.2) is 0 Å². The van der Waals surface area contributed by atoms with E-state index in [4.69, 9.17) is 0 Å². The van der Waals surface area contributed by atoms with Crippen molar-refractivity contribution in [3.8, 4) is 0 Å². The topological polar surface area (TPSA) is 116 Å². The van der Waals surface area contributed by atoms with Crippen LogP contribution in [0.1, 0.15) is 5.56 Å². The molecule has 1 rings (SSSR count). The Kier molecular flexibility index (Phi) is 6.51. The lowest BCUT2D eigenvalue weighted by Gasteiger charge is -2.22. The van der Waals surface area contributed by atoms with E-state index in [1.807, 2.05) is 0 Å². The van der Waals surface area contributed by atoms with Crippen molar-refractivity contribution in [3.63, 3.8) is 0 Å². The van der Waals surface area contributed by atoms with Crippen molar-refractivity contribution in [2.24, 2.45) is 0 Å². The molecule has 0 aliphatic heterocycles. The molecule has 0 unspecified atom stereocenters. The van der Waals surface area contributed by atoms with Crippen LogP contribution in [0.3, 0.4) is 0 Å². The van der Waals surface area contributed by atoms with Crippen molar-refractivity contribution in [1.82, 2.24) is 25.1 Å². The average Bonchev–Trinajstić information content (AvgIpc) is 2.48. The van der Waals surface area contributed by atoms with Gasteiger partial charge >= 0.3 is 5.69 Å². The fraction of sp³-hybridized carbons (Fsp3) is 0.538. The summed E-state index contributed by atoms with van der Waals surface area (Å²) in [4.78, 5) is 50.2. The largest absolute Gasteiger partial charge is 0.358 e. The molecule has 0 saturated heterocycles. The second-order valence-electron chi connectivity index (χ2n) is 4.79. The Morgan fingerprint density at radius 2 is 2.00 bits per heavy atom. The van der Waals surface area contributed by atoms with E-state index in [2.05, 4.69) is 15.6 Å². The molecule has 0 fully saturated rings. The molecule has 0 saturated carbocycles. The highest BCUT2D eigenvalue weighted by Gasteiger charge is 2.17. The summed E-state index contributed by atoms with van der Waals surface area (Å²) >= 11 is 0. The molecular formula is C13H21N5O4. The maximum Gasteiger partial charge on any atom is 0.328 e.